The summed E-state index contributed by atoms with van der Waals surface area (Å²) < 4.78 is 5.10. The van der Waals surface area contributed by atoms with Crippen molar-refractivity contribution < 1.29 is 19.4 Å². The number of carbonyl (C=O) groups excluding carboxylic acids is 1. The zero-order chi connectivity index (χ0) is 14.5. The fourth-order valence-electron chi connectivity index (χ4n) is 1.23. The molecule has 0 unspecified atom stereocenters. The molecule has 0 aliphatic carbocycles. The zero-order valence-electron chi connectivity index (χ0n) is 11.0. The molecule has 0 fully saturated rings. The number of hydrogen-bond donors (Lipinski definition) is 2. The van der Waals surface area contributed by atoms with Gasteiger partial charge in [-0.3, -0.25) is 10.3 Å². The van der Waals surface area contributed by atoms with Crippen LogP contribution in [0.15, 0.2) is 24.5 Å². The van der Waals surface area contributed by atoms with E-state index in [9.17, 15) is 9.59 Å². The van der Waals surface area contributed by atoms with Gasteiger partial charge in [0.25, 0.3) is 0 Å². The molecule has 0 bridgehead atoms. The quantitative estimate of drug-likeness (QED) is 0.819. The van der Waals surface area contributed by atoms with Crippen molar-refractivity contribution in [1.29, 1.82) is 0 Å². The van der Waals surface area contributed by atoms with Crippen LogP contribution in [0, 0.1) is 0 Å². The molecule has 1 heterocycles. The van der Waals surface area contributed by atoms with E-state index in [1.165, 1.54) is 18.5 Å². The highest BCUT2D eigenvalue weighted by atomic mass is 16.6. The van der Waals surface area contributed by atoms with E-state index in [0.717, 1.165) is 6.08 Å². The third-order valence-corrected chi connectivity index (χ3v) is 1.90. The number of amides is 1. The Morgan fingerprint density at radius 1 is 1.42 bits per heavy atom. The maximum Gasteiger partial charge on any atom is 0.412 e. The second-order valence-corrected chi connectivity index (χ2v) is 4.76. The molecule has 1 aromatic heterocycles. The Bertz CT molecular complexity index is 504. The minimum Gasteiger partial charge on any atom is -0.478 e. The molecule has 0 atom stereocenters. The average molecular weight is 264 g/mol. The van der Waals surface area contributed by atoms with Gasteiger partial charge in [0.2, 0.25) is 0 Å². The van der Waals surface area contributed by atoms with Gasteiger partial charge >= 0.3 is 12.1 Å². The van der Waals surface area contributed by atoms with Gasteiger partial charge in [-0.25, -0.2) is 9.59 Å². The molecular weight excluding hydrogens is 248 g/mol. The van der Waals surface area contributed by atoms with Crippen LogP contribution in [0.5, 0.6) is 0 Å². The molecule has 2 N–H and O–H groups in total. The second kappa shape index (κ2) is 5.99. The number of carboxylic acids is 1. The van der Waals surface area contributed by atoms with E-state index in [2.05, 4.69) is 10.3 Å². The predicted molar refractivity (Wildman–Crippen MR) is 70.8 cm³/mol. The minimum atomic E-state index is -1.07. The molecular formula is C13H16N2O4. The summed E-state index contributed by atoms with van der Waals surface area (Å²) in [4.78, 5) is 26.0. The monoisotopic (exact) mass is 264 g/mol. The molecule has 1 amide bonds. The third-order valence-electron chi connectivity index (χ3n) is 1.90. The maximum absolute atomic E-state index is 11.6. The van der Waals surface area contributed by atoms with E-state index in [1.54, 1.807) is 26.8 Å². The molecule has 0 aliphatic rings. The number of anilines is 1. The second-order valence-electron chi connectivity index (χ2n) is 4.76. The van der Waals surface area contributed by atoms with Crippen LogP contribution in [0.1, 0.15) is 26.3 Å². The van der Waals surface area contributed by atoms with Crippen LogP contribution < -0.4 is 5.32 Å². The van der Waals surface area contributed by atoms with E-state index in [1.807, 2.05) is 0 Å². The minimum absolute atomic E-state index is 0.384. The van der Waals surface area contributed by atoms with Crippen LogP contribution in [0.25, 0.3) is 6.08 Å². The molecule has 1 aromatic rings. The number of carbonyl (C=O) groups is 2. The smallest absolute Gasteiger partial charge is 0.412 e. The molecule has 0 saturated heterocycles. The van der Waals surface area contributed by atoms with Crippen molar-refractivity contribution in [3.05, 3.63) is 30.1 Å². The summed E-state index contributed by atoms with van der Waals surface area (Å²) in [5.74, 6) is -1.07. The molecule has 0 aromatic carbocycles. The Labute approximate surface area is 111 Å². The van der Waals surface area contributed by atoms with E-state index in [4.69, 9.17) is 9.84 Å². The summed E-state index contributed by atoms with van der Waals surface area (Å²) >= 11 is 0. The van der Waals surface area contributed by atoms with Gasteiger partial charge in [0.1, 0.15) is 5.60 Å². The van der Waals surface area contributed by atoms with Crippen LogP contribution in [-0.2, 0) is 9.53 Å². The highest BCUT2D eigenvalue weighted by Gasteiger charge is 2.16. The maximum atomic E-state index is 11.6. The fourth-order valence-corrected chi connectivity index (χ4v) is 1.23. The molecule has 0 radical (unpaired) electrons. The number of aromatic nitrogens is 1. The van der Waals surface area contributed by atoms with Crippen LogP contribution in [0.3, 0.4) is 0 Å². The van der Waals surface area contributed by atoms with Gasteiger partial charge in [0.05, 0.1) is 11.9 Å². The highest BCUT2D eigenvalue weighted by molar-refractivity contribution is 5.91. The first-order valence-corrected chi connectivity index (χ1v) is 5.63. The van der Waals surface area contributed by atoms with Crippen molar-refractivity contribution in [3.63, 3.8) is 0 Å². The lowest BCUT2D eigenvalue weighted by Gasteiger charge is -2.20. The standard InChI is InChI=1S/C13H16N2O4/c1-13(2,3)19-12(18)15-10-8-14-7-6-9(10)4-5-11(16)17/h4-8H,1-3H3,(H,15,18)(H,16,17). The van der Waals surface area contributed by atoms with Gasteiger partial charge in [-0.1, -0.05) is 0 Å². The highest BCUT2D eigenvalue weighted by Crippen LogP contribution is 2.17. The lowest BCUT2D eigenvalue weighted by atomic mass is 10.2. The van der Waals surface area contributed by atoms with Gasteiger partial charge in [-0.05, 0) is 32.9 Å². The lowest BCUT2D eigenvalue weighted by Crippen LogP contribution is -2.27. The number of aliphatic carboxylic acids is 1. The Hall–Kier alpha value is -2.37. The average Bonchev–Trinajstić information content (AvgIpc) is 2.25. The largest absolute Gasteiger partial charge is 0.478 e. The summed E-state index contributed by atoms with van der Waals surface area (Å²) in [5, 5.41) is 11.1. The summed E-state index contributed by atoms with van der Waals surface area (Å²) in [6, 6.07) is 1.59. The Kier molecular flexibility index (Phi) is 4.63. The SMILES string of the molecule is CC(C)(C)OC(=O)Nc1cnccc1C=CC(=O)O. The van der Waals surface area contributed by atoms with E-state index in [0.29, 0.717) is 11.3 Å². The van der Waals surface area contributed by atoms with Crippen molar-refractivity contribution in [1.82, 2.24) is 4.98 Å². The number of hydrogen-bond acceptors (Lipinski definition) is 4. The van der Waals surface area contributed by atoms with Crippen LogP contribution in [0.2, 0.25) is 0 Å². The van der Waals surface area contributed by atoms with Crippen molar-refractivity contribution in [2.45, 2.75) is 26.4 Å². The van der Waals surface area contributed by atoms with Crippen LogP contribution >= 0.6 is 0 Å². The normalized spacial score (nSPS) is 11.3. The molecule has 6 nitrogen and oxygen atoms in total. The zero-order valence-corrected chi connectivity index (χ0v) is 11.0. The van der Waals surface area contributed by atoms with Gasteiger partial charge in [0, 0.05) is 17.8 Å². The first kappa shape index (κ1) is 14.7. The molecule has 102 valence electrons. The van der Waals surface area contributed by atoms with Crippen LogP contribution in [-0.4, -0.2) is 27.8 Å². The van der Waals surface area contributed by atoms with E-state index in [-0.39, 0.29) is 0 Å². The van der Waals surface area contributed by atoms with Gasteiger partial charge in [-0.2, -0.15) is 0 Å². The summed E-state index contributed by atoms with van der Waals surface area (Å²) in [6.07, 6.45) is 4.66. The Morgan fingerprint density at radius 3 is 2.68 bits per heavy atom. The number of carboxylic acid groups (broad SMARTS) is 1. The van der Waals surface area contributed by atoms with Crippen molar-refractivity contribution in [2.75, 3.05) is 5.32 Å². The van der Waals surface area contributed by atoms with E-state index >= 15 is 0 Å². The third kappa shape index (κ3) is 5.67. The molecule has 0 spiro atoms. The summed E-state index contributed by atoms with van der Waals surface area (Å²) in [6.45, 7) is 5.25. The number of nitrogens with one attached hydrogen (secondary N) is 1. The number of rotatable bonds is 3. The Balaban J connectivity index is 2.84. The van der Waals surface area contributed by atoms with Crippen molar-refractivity contribution in [2.24, 2.45) is 0 Å². The molecule has 0 saturated carbocycles. The summed E-state index contributed by atoms with van der Waals surface area (Å²) in [5.41, 5.74) is 0.307. The predicted octanol–water partition coefficient (Wildman–Crippen LogP) is 2.53. The lowest BCUT2D eigenvalue weighted by molar-refractivity contribution is -0.131. The first-order valence-electron chi connectivity index (χ1n) is 5.63. The topological polar surface area (TPSA) is 88.5 Å². The Morgan fingerprint density at radius 2 is 2.11 bits per heavy atom. The van der Waals surface area contributed by atoms with Gasteiger partial charge in [0.15, 0.2) is 0 Å². The molecule has 0 aliphatic heterocycles. The van der Waals surface area contributed by atoms with Crippen molar-refractivity contribution in [3.8, 4) is 0 Å². The van der Waals surface area contributed by atoms with Crippen molar-refractivity contribution >= 4 is 23.8 Å². The first-order chi connectivity index (χ1) is 8.78. The fraction of sp³-hybridized carbons (Fsp3) is 0.308. The number of pyridine rings is 1. The molecule has 6 heteroatoms. The van der Waals surface area contributed by atoms with E-state index < -0.39 is 17.7 Å². The van der Waals surface area contributed by atoms with Gasteiger partial charge in [-0.15, -0.1) is 0 Å². The van der Waals surface area contributed by atoms with Crippen LogP contribution in [0.4, 0.5) is 10.5 Å². The molecule has 1 rings (SSSR count). The van der Waals surface area contributed by atoms with Gasteiger partial charge < -0.3 is 9.84 Å². The summed E-state index contributed by atoms with van der Waals surface area (Å²) in [7, 11) is 0. The number of ether oxygens (including phenoxy) is 1. The molecule has 19 heavy (non-hydrogen) atoms. The number of nitrogens with zero attached hydrogens (tertiary/aromatic N) is 1.